The normalized spacial score (nSPS) is 25.2. The van der Waals surface area contributed by atoms with Crippen LogP contribution in [0.25, 0.3) is 0 Å². The van der Waals surface area contributed by atoms with Gasteiger partial charge in [-0.05, 0) is 81.0 Å². The summed E-state index contributed by atoms with van der Waals surface area (Å²) in [4.78, 5) is 35.0. The number of nitrogens with one attached hydrogen (secondary N) is 3. The maximum absolute atomic E-state index is 14.0. The molecule has 3 N–H and O–H groups in total. The molecule has 2 amide bonds. The van der Waals surface area contributed by atoms with Gasteiger partial charge >= 0.3 is 6.18 Å². The van der Waals surface area contributed by atoms with Crippen LogP contribution < -0.4 is 20.7 Å². The number of halogens is 3. The fourth-order valence-corrected chi connectivity index (χ4v) is 7.06. The van der Waals surface area contributed by atoms with E-state index >= 15 is 0 Å². The number of rotatable bonds is 9. The molecule has 0 unspecified atom stereocenters. The van der Waals surface area contributed by atoms with Gasteiger partial charge in [-0.3, -0.25) is 9.59 Å². The molecule has 43 heavy (non-hydrogen) atoms. The average Bonchev–Trinajstić information content (AvgIpc) is 3.67. The van der Waals surface area contributed by atoms with E-state index < -0.39 is 11.7 Å². The predicted octanol–water partition coefficient (Wildman–Crippen LogP) is 5.09. The number of piperidine rings is 1. The molecule has 1 aliphatic heterocycles. The van der Waals surface area contributed by atoms with Gasteiger partial charge in [-0.25, -0.2) is 9.97 Å². The molecule has 1 saturated heterocycles. The van der Waals surface area contributed by atoms with Gasteiger partial charge in [-0.2, -0.15) is 13.2 Å². The fraction of sp³-hybridized carbons (Fsp3) is 0.613. The van der Waals surface area contributed by atoms with Gasteiger partial charge in [-0.15, -0.1) is 0 Å². The minimum Gasteiger partial charge on any atom is -0.495 e. The molecule has 2 heterocycles. The Bertz CT molecular complexity index is 1330. The van der Waals surface area contributed by atoms with Crippen LogP contribution in [0.1, 0.15) is 79.9 Å². The SMILES string of the molecule is COc1cc(C(=O)N[C@H]2CCCNC2)ccc1Nc1ncc(C(F)(F)F)c(CC[C@@H]2C[C@@]23CCCC[C@H]3N(C)C(C)=O)n1. The molecule has 1 aromatic heterocycles. The highest BCUT2D eigenvalue weighted by Crippen LogP contribution is 2.64. The van der Waals surface area contributed by atoms with Crippen molar-refractivity contribution in [3.8, 4) is 5.75 Å². The molecule has 2 aliphatic carbocycles. The number of aryl methyl sites for hydroxylation is 1. The number of aromatic nitrogens is 2. The van der Waals surface area contributed by atoms with Gasteiger partial charge in [0.1, 0.15) is 5.75 Å². The second-order valence-electron chi connectivity index (χ2n) is 12.2. The summed E-state index contributed by atoms with van der Waals surface area (Å²) in [6, 6.07) is 5.03. The zero-order valence-corrected chi connectivity index (χ0v) is 25.0. The van der Waals surface area contributed by atoms with Crippen molar-refractivity contribution < 1.29 is 27.5 Å². The first kappa shape index (κ1) is 31.0. The summed E-state index contributed by atoms with van der Waals surface area (Å²) >= 11 is 0. The van der Waals surface area contributed by atoms with Crippen molar-refractivity contribution >= 4 is 23.5 Å². The number of carbonyl (C=O) groups excluding carboxylic acids is 2. The van der Waals surface area contributed by atoms with Gasteiger partial charge in [0.15, 0.2) is 0 Å². The number of nitrogens with zero attached hydrogens (tertiary/aromatic N) is 3. The van der Waals surface area contributed by atoms with E-state index in [0.717, 1.165) is 57.7 Å². The Hall–Kier alpha value is -3.41. The Morgan fingerprint density at radius 2 is 2.02 bits per heavy atom. The smallest absolute Gasteiger partial charge is 0.419 e. The van der Waals surface area contributed by atoms with Crippen LogP contribution in [0.2, 0.25) is 0 Å². The minimum atomic E-state index is -4.59. The van der Waals surface area contributed by atoms with Crippen LogP contribution in [-0.4, -0.2) is 66.0 Å². The van der Waals surface area contributed by atoms with Gasteiger partial charge in [0.05, 0.1) is 24.1 Å². The van der Waals surface area contributed by atoms with Gasteiger partial charge in [0.25, 0.3) is 5.91 Å². The summed E-state index contributed by atoms with van der Waals surface area (Å²) in [5.41, 5.74) is -0.0696. The Morgan fingerprint density at radius 3 is 2.72 bits per heavy atom. The van der Waals surface area contributed by atoms with Crippen molar-refractivity contribution in [2.24, 2.45) is 11.3 Å². The Morgan fingerprint density at radius 1 is 1.21 bits per heavy atom. The van der Waals surface area contributed by atoms with Gasteiger partial charge < -0.3 is 25.6 Å². The third kappa shape index (κ3) is 6.89. The zero-order chi connectivity index (χ0) is 30.8. The number of ether oxygens (including phenoxy) is 1. The number of amides is 2. The van der Waals surface area contributed by atoms with Gasteiger partial charge in [-0.1, -0.05) is 12.8 Å². The molecule has 12 heteroatoms. The van der Waals surface area contributed by atoms with Gasteiger partial charge in [0, 0.05) is 44.4 Å². The largest absolute Gasteiger partial charge is 0.495 e. The zero-order valence-electron chi connectivity index (χ0n) is 25.0. The number of hydrogen-bond donors (Lipinski definition) is 3. The van der Waals surface area contributed by atoms with Crippen LogP contribution in [0.3, 0.4) is 0 Å². The van der Waals surface area contributed by atoms with Crippen LogP contribution in [0, 0.1) is 11.3 Å². The molecule has 3 fully saturated rings. The molecule has 9 nitrogen and oxygen atoms in total. The van der Waals surface area contributed by atoms with E-state index in [2.05, 4.69) is 25.9 Å². The Kier molecular flexibility index (Phi) is 9.15. The summed E-state index contributed by atoms with van der Waals surface area (Å²) in [5, 5.41) is 9.27. The molecule has 1 spiro atoms. The molecule has 0 bridgehead atoms. The van der Waals surface area contributed by atoms with E-state index in [0.29, 0.717) is 30.0 Å². The first-order valence-electron chi connectivity index (χ1n) is 15.1. The minimum absolute atomic E-state index is 0.0138. The fourth-order valence-electron chi connectivity index (χ4n) is 7.06. The Labute approximate surface area is 250 Å². The number of methoxy groups -OCH3 is 1. The first-order chi connectivity index (χ1) is 20.5. The molecule has 5 rings (SSSR count). The lowest BCUT2D eigenvalue weighted by molar-refractivity contribution is -0.138. The van der Waals surface area contributed by atoms with Crippen LogP contribution in [0.5, 0.6) is 5.75 Å². The van der Waals surface area contributed by atoms with E-state index in [9.17, 15) is 22.8 Å². The van der Waals surface area contributed by atoms with Gasteiger partial charge in [0.2, 0.25) is 11.9 Å². The molecule has 2 aromatic rings. The van der Waals surface area contributed by atoms with Crippen molar-refractivity contribution in [1.82, 2.24) is 25.5 Å². The lowest BCUT2D eigenvalue weighted by Crippen LogP contribution is -2.45. The van der Waals surface area contributed by atoms with Crippen molar-refractivity contribution in [3.05, 3.63) is 41.2 Å². The Balaban J connectivity index is 1.30. The summed E-state index contributed by atoms with van der Waals surface area (Å²) in [6.45, 7) is 3.22. The average molecular weight is 603 g/mol. The second kappa shape index (κ2) is 12.7. The number of carbonyl (C=O) groups is 2. The van der Waals surface area contributed by atoms with Crippen molar-refractivity contribution in [3.63, 3.8) is 0 Å². The summed E-state index contributed by atoms with van der Waals surface area (Å²) in [7, 11) is 3.29. The van der Waals surface area contributed by atoms with E-state index in [1.807, 2.05) is 11.9 Å². The third-order valence-corrected chi connectivity index (χ3v) is 9.52. The topological polar surface area (TPSA) is 108 Å². The number of benzene rings is 1. The monoisotopic (exact) mass is 602 g/mol. The maximum Gasteiger partial charge on any atom is 0.419 e. The molecule has 1 aromatic carbocycles. The molecule has 0 radical (unpaired) electrons. The number of hydrogen-bond acceptors (Lipinski definition) is 7. The quantitative estimate of drug-likeness (QED) is 0.367. The molecular weight excluding hydrogens is 561 g/mol. The number of alkyl halides is 3. The first-order valence-corrected chi connectivity index (χ1v) is 15.1. The summed E-state index contributed by atoms with van der Waals surface area (Å²) in [5.74, 6) is 0.407. The highest BCUT2D eigenvalue weighted by molar-refractivity contribution is 5.95. The van der Waals surface area contributed by atoms with E-state index in [4.69, 9.17) is 4.74 Å². The lowest BCUT2D eigenvalue weighted by atomic mass is 9.78. The standard InChI is InChI=1S/C31H41F3N6O3/c1-19(41)40(2)27-8-4-5-13-30(27)16-21(30)10-12-24-23(31(32,33)34)18-36-29(38-24)39-25-11-9-20(15-26(25)43-3)28(42)37-22-7-6-14-35-17-22/h9,11,15,18,21-22,27,35H,4-8,10,12-14,16-17H2,1-3H3,(H,37,42)(H,36,38,39)/t21-,22+,27-,30+/m1/s1. The van der Waals surface area contributed by atoms with E-state index in [-0.39, 0.29) is 53.3 Å². The highest BCUT2D eigenvalue weighted by Gasteiger charge is 2.60. The van der Waals surface area contributed by atoms with Crippen LogP contribution in [0.15, 0.2) is 24.4 Å². The third-order valence-electron chi connectivity index (χ3n) is 9.52. The molecule has 234 valence electrons. The second-order valence-corrected chi connectivity index (χ2v) is 12.2. The molecular formula is C31H41F3N6O3. The molecule has 3 aliphatic rings. The summed E-state index contributed by atoms with van der Waals surface area (Å²) in [6.07, 6.45) is 3.83. The molecule has 4 atom stereocenters. The van der Waals surface area contributed by atoms with E-state index in [1.54, 1.807) is 25.1 Å². The van der Waals surface area contributed by atoms with Crippen LogP contribution >= 0.6 is 0 Å². The van der Waals surface area contributed by atoms with Crippen molar-refractivity contribution in [1.29, 1.82) is 0 Å². The lowest BCUT2D eigenvalue weighted by Gasteiger charge is -2.39. The molecule has 2 saturated carbocycles. The predicted molar refractivity (Wildman–Crippen MR) is 156 cm³/mol. The highest BCUT2D eigenvalue weighted by atomic mass is 19.4. The number of anilines is 2. The van der Waals surface area contributed by atoms with E-state index in [1.165, 1.54) is 7.11 Å². The maximum atomic E-state index is 14.0. The summed E-state index contributed by atoms with van der Waals surface area (Å²) < 4.78 is 47.3. The van der Waals surface area contributed by atoms with Crippen molar-refractivity contribution in [2.45, 2.75) is 83.0 Å². The van der Waals surface area contributed by atoms with Crippen LogP contribution in [0.4, 0.5) is 24.8 Å². The van der Waals surface area contributed by atoms with Crippen molar-refractivity contribution in [2.75, 3.05) is 32.6 Å². The van der Waals surface area contributed by atoms with Crippen LogP contribution in [-0.2, 0) is 17.4 Å².